The second-order valence-electron chi connectivity index (χ2n) is 3.75. The normalized spacial score (nSPS) is 12.0. The third-order valence-electron chi connectivity index (χ3n) is 2.83. The summed E-state index contributed by atoms with van der Waals surface area (Å²) in [6.45, 7) is 6.00. The Morgan fingerprint density at radius 1 is 0.556 bits per heavy atom. The van der Waals surface area contributed by atoms with Gasteiger partial charge in [-0.3, -0.25) is 9.59 Å². The molecule has 0 atom stereocenters. The van der Waals surface area contributed by atoms with Crippen molar-refractivity contribution in [2.75, 3.05) is 0 Å². The molecule has 0 radical (unpaired) electrons. The Bertz CT molecular complexity index is 521. The molecule has 0 unspecified atom stereocenters. The lowest BCUT2D eigenvalue weighted by molar-refractivity contribution is 0.0979. The first-order valence-electron chi connectivity index (χ1n) is 5.56. The highest BCUT2D eigenvalue weighted by Gasteiger charge is 2.28. The van der Waals surface area contributed by atoms with Crippen LogP contribution in [0, 0.1) is 0 Å². The van der Waals surface area contributed by atoms with Crippen molar-refractivity contribution < 1.29 is 9.59 Å². The molecule has 0 N–H and O–H groups in total. The molecule has 1 aliphatic rings. The number of carbonyl (C=O) groups is 2. The summed E-state index contributed by atoms with van der Waals surface area (Å²) in [5.41, 5.74) is 2.02. The van der Waals surface area contributed by atoms with E-state index >= 15 is 0 Å². The van der Waals surface area contributed by atoms with Crippen LogP contribution in [0.25, 0.3) is 0 Å². The lowest BCUT2D eigenvalue weighted by Crippen LogP contribution is -2.20. The summed E-state index contributed by atoms with van der Waals surface area (Å²) in [6.07, 6.45) is 0. The predicted molar refractivity (Wildman–Crippen MR) is 71.0 cm³/mol. The molecule has 2 aromatic carbocycles. The van der Waals surface area contributed by atoms with Crippen molar-refractivity contribution in [1.82, 2.24) is 0 Å². The monoisotopic (exact) mass is 236 g/mol. The Balaban J connectivity index is 0.000000574. The quantitative estimate of drug-likeness (QED) is 0.561. The van der Waals surface area contributed by atoms with Gasteiger partial charge in [0, 0.05) is 22.3 Å². The van der Waals surface area contributed by atoms with Crippen molar-refractivity contribution in [2.24, 2.45) is 0 Å². The van der Waals surface area contributed by atoms with E-state index in [0.29, 0.717) is 22.3 Å². The van der Waals surface area contributed by atoms with Crippen molar-refractivity contribution in [2.45, 2.75) is 0 Å². The van der Waals surface area contributed by atoms with Crippen LogP contribution in [0.5, 0.6) is 0 Å². The van der Waals surface area contributed by atoms with Gasteiger partial charge in [-0.1, -0.05) is 48.5 Å². The fourth-order valence-corrected chi connectivity index (χ4v) is 2.05. The first kappa shape index (κ1) is 12.0. The summed E-state index contributed by atoms with van der Waals surface area (Å²) in [5, 5.41) is 0. The van der Waals surface area contributed by atoms with E-state index in [1.54, 1.807) is 48.5 Å². The molecule has 3 rings (SSSR count). The molecule has 0 heterocycles. The number of rotatable bonds is 0. The average molecular weight is 236 g/mol. The highest BCUT2D eigenvalue weighted by molar-refractivity contribution is 6.28. The second kappa shape index (κ2) is 4.80. The summed E-state index contributed by atoms with van der Waals surface area (Å²) in [4.78, 5) is 24.2. The number of benzene rings is 2. The van der Waals surface area contributed by atoms with Gasteiger partial charge in [-0.25, -0.2) is 0 Å². The van der Waals surface area contributed by atoms with E-state index in [1.165, 1.54) is 0 Å². The van der Waals surface area contributed by atoms with Gasteiger partial charge in [0.1, 0.15) is 0 Å². The van der Waals surface area contributed by atoms with E-state index in [0.717, 1.165) is 0 Å². The van der Waals surface area contributed by atoms with Gasteiger partial charge in [0.2, 0.25) is 0 Å². The van der Waals surface area contributed by atoms with Crippen LogP contribution in [0.1, 0.15) is 31.8 Å². The minimum absolute atomic E-state index is 0.0641. The Hall–Kier alpha value is -2.48. The van der Waals surface area contributed by atoms with Gasteiger partial charge in [-0.05, 0) is 0 Å². The van der Waals surface area contributed by atoms with Crippen LogP contribution >= 0.6 is 0 Å². The molecule has 18 heavy (non-hydrogen) atoms. The van der Waals surface area contributed by atoms with Gasteiger partial charge < -0.3 is 0 Å². The van der Waals surface area contributed by atoms with Crippen LogP contribution in [0.3, 0.4) is 0 Å². The Labute approximate surface area is 106 Å². The molecule has 0 aromatic heterocycles. The van der Waals surface area contributed by atoms with E-state index in [9.17, 15) is 9.59 Å². The van der Waals surface area contributed by atoms with Crippen LogP contribution in [-0.4, -0.2) is 11.6 Å². The summed E-state index contributed by atoms with van der Waals surface area (Å²) >= 11 is 0. The SMILES string of the molecule is C=C.O=C1c2ccccc2C(=O)c2ccccc21. The molecule has 2 aromatic rings. The van der Waals surface area contributed by atoms with Crippen LogP contribution in [0.2, 0.25) is 0 Å². The Morgan fingerprint density at radius 3 is 1.00 bits per heavy atom. The molecule has 0 saturated carbocycles. The van der Waals surface area contributed by atoms with Gasteiger partial charge in [-0.15, -0.1) is 13.2 Å². The molecule has 0 aliphatic heterocycles. The van der Waals surface area contributed by atoms with Gasteiger partial charge in [0.05, 0.1) is 0 Å². The maximum absolute atomic E-state index is 12.1. The largest absolute Gasteiger partial charge is 0.289 e. The van der Waals surface area contributed by atoms with Crippen molar-refractivity contribution >= 4 is 11.6 Å². The third kappa shape index (κ3) is 1.68. The zero-order valence-electron chi connectivity index (χ0n) is 9.85. The molecule has 2 nitrogen and oxygen atoms in total. The van der Waals surface area contributed by atoms with E-state index in [4.69, 9.17) is 0 Å². The minimum Gasteiger partial charge on any atom is -0.289 e. The molecule has 88 valence electrons. The summed E-state index contributed by atoms with van der Waals surface area (Å²) < 4.78 is 0. The fraction of sp³-hybridized carbons (Fsp3) is 0. The topological polar surface area (TPSA) is 34.1 Å². The molecule has 0 saturated heterocycles. The van der Waals surface area contributed by atoms with Gasteiger partial charge >= 0.3 is 0 Å². The highest BCUT2D eigenvalue weighted by atomic mass is 16.1. The van der Waals surface area contributed by atoms with Gasteiger partial charge in [-0.2, -0.15) is 0 Å². The van der Waals surface area contributed by atoms with Crippen LogP contribution < -0.4 is 0 Å². The number of hydrogen-bond acceptors (Lipinski definition) is 2. The number of fused-ring (bicyclic) bond motifs is 2. The highest BCUT2D eigenvalue weighted by Crippen LogP contribution is 2.26. The maximum Gasteiger partial charge on any atom is 0.194 e. The summed E-state index contributed by atoms with van der Waals surface area (Å²) in [6, 6.07) is 13.9. The van der Waals surface area contributed by atoms with E-state index < -0.39 is 0 Å². The molecule has 2 heteroatoms. The molecule has 0 amide bonds. The zero-order valence-corrected chi connectivity index (χ0v) is 9.85. The van der Waals surface area contributed by atoms with Gasteiger partial charge in [0.15, 0.2) is 11.6 Å². The van der Waals surface area contributed by atoms with Crippen LogP contribution in [0.4, 0.5) is 0 Å². The first-order valence-corrected chi connectivity index (χ1v) is 5.56. The van der Waals surface area contributed by atoms with Crippen molar-refractivity contribution in [3.05, 3.63) is 83.9 Å². The second-order valence-corrected chi connectivity index (χ2v) is 3.75. The van der Waals surface area contributed by atoms with Crippen molar-refractivity contribution in [3.8, 4) is 0 Å². The first-order chi connectivity index (χ1) is 8.79. The van der Waals surface area contributed by atoms with Gasteiger partial charge in [0.25, 0.3) is 0 Å². The van der Waals surface area contributed by atoms with E-state index in [-0.39, 0.29) is 11.6 Å². The molecule has 1 aliphatic carbocycles. The zero-order chi connectivity index (χ0) is 13.1. The van der Waals surface area contributed by atoms with Crippen molar-refractivity contribution in [1.29, 1.82) is 0 Å². The number of carbonyl (C=O) groups excluding carboxylic acids is 2. The number of hydrogen-bond donors (Lipinski definition) is 0. The number of ketones is 2. The summed E-state index contributed by atoms with van der Waals surface area (Å²) in [5.74, 6) is -0.128. The summed E-state index contributed by atoms with van der Waals surface area (Å²) in [7, 11) is 0. The van der Waals surface area contributed by atoms with Crippen LogP contribution in [0.15, 0.2) is 61.7 Å². The molecule has 0 spiro atoms. The molecular weight excluding hydrogens is 224 g/mol. The predicted octanol–water partition coefficient (Wildman–Crippen LogP) is 3.26. The lowest BCUT2D eigenvalue weighted by atomic mass is 9.84. The lowest BCUT2D eigenvalue weighted by Gasteiger charge is -2.16. The molecular formula is C16H12O2. The standard InChI is InChI=1S/C14H8O2.C2H4/c15-13-9-5-1-2-6-10(9)14(16)12-8-4-3-7-11(12)13;1-2/h1-8H;1-2H2. The third-order valence-corrected chi connectivity index (χ3v) is 2.83. The Kier molecular flexibility index (Phi) is 3.20. The van der Waals surface area contributed by atoms with E-state index in [1.807, 2.05) is 0 Å². The Morgan fingerprint density at radius 2 is 0.778 bits per heavy atom. The van der Waals surface area contributed by atoms with Crippen molar-refractivity contribution in [3.63, 3.8) is 0 Å². The smallest absolute Gasteiger partial charge is 0.194 e. The molecule has 0 fully saturated rings. The van der Waals surface area contributed by atoms with Crippen LogP contribution in [-0.2, 0) is 0 Å². The maximum atomic E-state index is 12.1. The fourth-order valence-electron chi connectivity index (χ4n) is 2.05. The van der Waals surface area contributed by atoms with E-state index in [2.05, 4.69) is 13.2 Å². The minimum atomic E-state index is -0.0641. The average Bonchev–Trinajstić information content (AvgIpc) is 2.47. The molecule has 0 bridgehead atoms.